The van der Waals surface area contributed by atoms with Crippen LogP contribution in [-0.4, -0.2) is 0 Å². The van der Waals surface area contributed by atoms with E-state index in [4.69, 9.17) is 5.73 Å². The van der Waals surface area contributed by atoms with E-state index in [1.165, 1.54) is 23.9 Å². The smallest absolute Gasteiger partial charge is 0.144 e. The number of halogens is 3. The van der Waals surface area contributed by atoms with Crippen LogP contribution >= 0.6 is 27.7 Å². The van der Waals surface area contributed by atoms with Crippen molar-refractivity contribution in [2.24, 2.45) is 0 Å². The van der Waals surface area contributed by atoms with Crippen LogP contribution in [0.3, 0.4) is 0 Å². The Bertz CT molecular complexity index is 575. The average molecular weight is 330 g/mol. The van der Waals surface area contributed by atoms with Gasteiger partial charge in [0.1, 0.15) is 11.6 Å². The van der Waals surface area contributed by atoms with Crippen LogP contribution in [0.4, 0.5) is 14.5 Å². The molecule has 2 aromatic rings. The standard InChI is InChI=1S/C13H10BrF2NS/c14-9-5-6-10(15)8(13(9)16)7-18-12-4-2-1-3-11(12)17/h1-6H,7,17H2. The molecule has 0 saturated carbocycles. The highest BCUT2D eigenvalue weighted by Crippen LogP contribution is 2.31. The largest absolute Gasteiger partial charge is 0.398 e. The molecule has 0 atom stereocenters. The molecule has 0 heterocycles. The number of benzene rings is 2. The maximum Gasteiger partial charge on any atom is 0.144 e. The molecule has 1 nitrogen and oxygen atoms in total. The van der Waals surface area contributed by atoms with Crippen LogP contribution < -0.4 is 5.73 Å². The van der Waals surface area contributed by atoms with Crippen molar-refractivity contribution in [3.05, 3.63) is 58.1 Å². The summed E-state index contributed by atoms with van der Waals surface area (Å²) in [5.74, 6) is -0.902. The highest BCUT2D eigenvalue weighted by atomic mass is 79.9. The van der Waals surface area contributed by atoms with E-state index in [9.17, 15) is 8.78 Å². The van der Waals surface area contributed by atoms with Crippen LogP contribution in [0.15, 0.2) is 45.8 Å². The van der Waals surface area contributed by atoms with Gasteiger partial charge in [0.25, 0.3) is 0 Å². The molecular weight excluding hydrogens is 320 g/mol. The lowest BCUT2D eigenvalue weighted by Gasteiger charge is -2.08. The topological polar surface area (TPSA) is 26.0 Å². The first-order chi connectivity index (χ1) is 8.59. The van der Waals surface area contributed by atoms with E-state index in [1.54, 1.807) is 6.07 Å². The van der Waals surface area contributed by atoms with E-state index in [0.29, 0.717) is 5.69 Å². The highest BCUT2D eigenvalue weighted by Gasteiger charge is 2.13. The summed E-state index contributed by atoms with van der Waals surface area (Å²) in [6.45, 7) is 0. The molecule has 2 rings (SSSR count). The molecule has 0 aliphatic carbocycles. The van der Waals surface area contributed by atoms with Crippen molar-refractivity contribution in [2.75, 3.05) is 5.73 Å². The molecule has 0 fully saturated rings. The predicted octanol–water partition coefficient (Wildman–Crippen LogP) is 4.60. The lowest BCUT2D eigenvalue weighted by Crippen LogP contribution is -1.95. The highest BCUT2D eigenvalue weighted by molar-refractivity contribution is 9.10. The summed E-state index contributed by atoms with van der Waals surface area (Å²) in [5, 5.41) is 0. The molecule has 0 radical (unpaired) electrons. The Hall–Kier alpha value is -1.07. The minimum Gasteiger partial charge on any atom is -0.398 e. The molecule has 0 unspecified atom stereocenters. The van der Waals surface area contributed by atoms with Gasteiger partial charge in [-0.05, 0) is 40.2 Å². The molecule has 0 saturated heterocycles. The van der Waals surface area contributed by atoms with E-state index in [2.05, 4.69) is 15.9 Å². The van der Waals surface area contributed by atoms with E-state index < -0.39 is 11.6 Å². The zero-order valence-electron chi connectivity index (χ0n) is 9.29. The van der Waals surface area contributed by atoms with Crippen LogP contribution in [0.1, 0.15) is 5.56 Å². The Labute approximate surface area is 117 Å². The summed E-state index contributed by atoms with van der Waals surface area (Å²) < 4.78 is 27.5. The van der Waals surface area contributed by atoms with Crippen molar-refractivity contribution >= 4 is 33.4 Å². The summed E-state index contributed by atoms with van der Waals surface area (Å²) in [7, 11) is 0. The Morgan fingerprint density at radius 2 is 1.83 bits per heavy atom. The van der Waals surface area contributed by atoms with E-state index in [0.717, 1.165) is 4.90 Å². The van der Waals surface area contributed by atoms with Crippen LogP contribution in [0.25, 0.3) is 0 Å². The molecule has 0 aliphatic heterocycles. The van der Waals surface area contributed by atoms with Crippen molar-refractivity contribution in [3.8, 4) is 0 Å². The fourth-order valence-electron chi connectivity index (χ4n) is 1.46. The number of rotatable bonds is 3. The number of anilines is 1. The van der Waals surface area contributed by atoms with Gasteiger partial charge >= 0.3 is 0 Å². The molecule has 94 valence electrons. The van der Waals surface area contributed by atoms with Crippen LogP contribution in [0, 0.1) is 11.6 Å². The second kappa shape index (κ2) is 5.71. The summed E-state index contributed by atoms with van der Waals surface area (Å²) in [6, 6.07) is 9.85. The summed E-state index contributed by atoms with van der Waals surface area (Å²) in [5.41, 5.74) is 6.44. The van der Waals surface area contributed by atoms with Gasteiger partial charge in [-0.1, -0.05) is 12.1 Å². The summed E-state index contributed by atoms with van der Waals surface area (Å²) in [4.78, 5) is 0.816. The Morgan fingerprint density at radius 1 is 1.11 bits per heavy atom. The molecule has 0 aromatic heterocycles. The third-order valence-corrected chi connectivity index (χ3v) is 4.16. The van der Waals surface area contributed by atoms with Gasteiger partial charge in [0.05, 0.1) is 4.47 Å². The molecule has 0 aliphatic rings. The normalized spacial score (nSPS) is 10.6. The van der Waals surface area contributed by atoms with Gasteiger partial charge < -0.3 is 5.73 Å². The number of hydrogen-bond donors (Lipinski definition) is 1. The van der Waals surface area contributed by atoms with Gasteiger partial charge in [0.2, 0.25) is 0 Å². The molecule has 2 N–H and O–H groups in total. The second-order valence-corrected chi connectivity index (χ2v) is 5.52. The quantitative estimate of drug-likeness (QED) is 0.506. The first-order valence-corrected chi connectivity index (χ1v) is 6.97. The molecule has 0 amide bonds. The first-order valence-electron chi connectivity index (χ1n) is 5.19. The fraction of sp³-hybridized carbons (Fsp3) is 0.0769. The average Bonchev–Trinajstić information content (AvgIpc) is 2.36. The second-order valence-electron chi connectivity index (χ2n) is 3.65. The van der Waals surface area contributed by atoms with Crippen molar-refractivity contribution in [2.45, 2.75) is 10.6 Å². The first kappa shape index (κ1) is 13.4. The minimum atomic E-state index is -0.558. The summed E-state index contributed by atoms with van der Waals surface area (Å²) in [6.07, 6.45) is 0. The number of hydrogen-bond acceptors (Lipinski definition) is 2. The van der Waals surface area contributed by atoms with Gasteiger partial charge in [-0.3, -0.25) is 0 Å². The molecular formula is C13H10BrF2NS. The van der Waals surface area contributed by atoms with Crippen LogP contribution in [0.2, 0.25) is 0 Å². The third-order valence-electron chi connectivity index (χ3n) is 2.43. The molecule has 2 aromatic carbocycles. The third kappa shape index (κ3) is 2.84. The molecule has 18 heavy (non-hydrogen) atoms. The maximum absolute atomic E-state index is 13.7. The van der Waals surface area contributed by atoms with Gasteiger partial charge in [-0.2, -0.15) is 0 Å². The molecule has 5 heteroatoms. The lowest BCUT2D eigenvalue weighted by atomic mass is 10.2. The number of nitrogen functional groups attached to an aromatic ring is 1. The maximum atomic E-state index is 13.7. The van der Waals surface area contributed by atoms with Crippen molar-refractivity contribution in [1.29, 1.82) is 0 Å². The zero-order valence-corrected chi connectivity index (χ0v) is 11.7. The monoisotopic (exact) mass is 329 g/mol. The van der Waals surface area contributed by atoms with Crippen molar-refractivity contribution < 1.29 is 8.78 Å². The van der Waals surface area contributed by atoms with Gasteiger partial charge in [-0.25, -0.2) is 8.78 Å². The minimum absolute atomic E-state index is 0.0534. The van der Waals surface area contributed by atoms with Gasteiger partial charge in [0, 0.05) is 21.9 Å². The Morgan fingerprint density at radius 3 is 2.56 bits per heavy atom. The van der Waals surface area contributed by atoms with E-state index >= 15 is 0 Å². The Balaban J connectivity index is 2.21. The predicted molar refractivity (Wildman–Crippen MR) is 74.5 cm³/mol. The molecule has 0 bridgehead atoms. The summed E-state index contributed by atoms with van der Waals surface area (Å²) >= 11 is 4.36. The van der Waals surface area contributed by atoms with Crippen LogP contribution in [-0.2, 0) is 5.75 Å². The van der Waals surface area contributed by atoms with E-state index in [1.807, 2.05) is 18.2 Å². The zero-order chi connectivity index (χ0) is 13.1. The van der Waals surface area contributed by atoms with Gasteiger partial charge in [-0.15, -0.1) is 11.8 Å². The number of nitrogens with two attached hydrogens (primary N) is 1. The number of thioether (sulfide) groups is 1. The fourth-order valence-corrected chi connectivity index (χ4v) is 2.81. The Kier molecular flexibility index (Phi) is 4.24. The van der Waals surface area contributed by atoms with Crippen LogP contribution in [0.5, 0.6) is 0 Å². The molecule has 0 spiro atoms. The number of para-hydroxylation sites is 1. The van der Waals surface area contributed by atoms with Crippen molar-refractivity contribution in [1.82, 2.24) is 0 Å². The van der Waals surface area contributed by atoms with Gasteiger partial charge in [0.15, 0.2) is 0 Å². The SMILES string of the molecule is Nc1ccccc1SCc1c(F)ccc(Br)c1F. The lowest BCUT2D eigenvalue weighted by molar-refractivity contribution is 0.562. The van der Waals surface area contributed by atoms with Crippen molar-refractivity contribution in [3.63, 3.8) is 0 Å². The van der Waals surface area contributed by atoms with E-state index in [-0.39, 0.29) is 15.8 Å².